The summed E-state index contributed by atoms with van der Waals surface area (Å²) in [4.78, 5) is 16.7. The number of para-hydroxylation sites is 2. The molecule has 0 radical (unpaired) electrons. The van der Waals surface area contributed by atoms with Crippen molar-refractivity contribution in [2.45, 2.75) is 32.5 Å². The summed E-state index contributed by atoms with van der Waals surface area (Å²) >= 11 is 1.35. The van der Waals surface area contributed by atoms with Gasteiger partial charge in [-0.05, 0) is 25.0 Å². The number of Topliss-reactive ketones (excluding diaryl/α,β-unsaturated/α-hetero) is 1. The Kier molecular flexibility index (Phi) is 5.45. The molecule has 0 spiro atoms. The van der Waals surface area contributed by atoms with Crippen molar-refractivity contribution in [2.24, 2.45) is 11.7 Å². The molecule has 0 atom stereocenters. The number of nitrogens with zero attached hydrogens (tertiary/aromatic N) is 3. The summed E-state index contributed by atoms with van der Waals surface area (Å²) in [6.45, 7) is 6.67. The zero-order chi connectivity index (χ0) is 17.0. The van der Waals surface area contributed by atoms with Gasteiger partial charge < -0.3 is 10.3 Å². The molecule has 1 aromatic carbocycles. The topological polar surface area (TPSA) is 84.7 Å². The molecule has 5 nitrogen and oxygen atoms in total. The number of allylic oxidation sites excluding steroid dienone is 2. The Morgan fingerprint density at radius 2 is 2.13 bits per heavy atom. The molecule has 1 heterocycles. The molecule has 0 saturated carbocycles. The number of rotatable bonds is 6. The lowest BCUT2D eigenvalue weighted by atomic mass is 10.2. The number of fused-ring (bicyclic) bond motifs is 1. The molecule has 2 rings (SSSR count). The van der Waals surface area contributed by atoms with Gasteiger partial charge in [-0.2, -0.15) is 5.26 Å². The zero-order valence-corrected chi connectivity index (χ0v) is 14.4. The number of nitriles is 1. The van der Waals surface area contributed by atoms with Crippen LogP contribution in [-0.4, -0.2) is 21.1 Å². The number of ketones is 1. The molecule has 0 aliphatic rings. The minimum absolute atomic E-state index is 0.0315. The number of nitrogens with two attached hydrogens (primary N) is 1. The standard InChI is InChI=1S/C17H20N4OS/c1-11(2)9-21-15-7-5-4-6-14(15)20-17(21)23-10-16(22)13(8-18)12(3)19/h4-7,11H,9-10,19H2,1-3H3. The molecule has 0 amide bonds. The van der Waals surface area contributed by atoms with Gasteiger partial charge >= 0.3 is 0 Å². The third-order valence-corrected chi connectivity index (χ3v) is 4.26. The lowest BCUT2D eigenvalue weighted by molar-refractivity contribution is -0.112. The number of imidazole rings is 1. The largest absolute Gasteiger partial charge is 0.401 e. The van der Waals surface area contributed by atoms with E-state index in [4.69, 9.17) is 11.0 Å². The van der Waals surface area contributed by atoms with Crippen molar-refractivity contribution in [1.82, 2.24) is 9.55 Å². The molecule has 120 valence electrons. The van der Waals surface area contributed by atoms with E-state index in [1.807, 2.05) is 30.3 Å². The maximum Gasteiger partial charge on any atom is 0.185 e. The van der Waals surface area contributed by atoms with Crippen molar-refractivity contribution in [1.29, 1.82) is 5.26 Å². The SMILES string of the molecule is CC(N)=C(C#N)C(=O)CSc1nc2ccccc2n1CC(C)C. The van der Waals surface area contributed by atoms with Gasteiger partial charge in [0.2, 0.25) is 0 Å². The van der Waals surface area contributed by atoms with Crippen LogP contribution in [0.3, 0.4) is 0 Å². The molecule has 23 heavy (non-hydrogen) atoms. The van der Waals surface area contributed by atoms with Crippen molar-refractivity contribution >= 4 is 28.6 Å². The van der Waals surface area contributed by atoms with E-state index >= 15 is 0 Å². The highest BCUT2D eigenvalue weighted by atomic mass is 32.2. The molecule has 0 unspecified atom stereocenters. The van der Waals surface area contributed by atoms with Crippen LogP contribution in [0.5, 0.6) is 0 Å². The molecule has 0 aliphatic carbocycles. The van der Waals surface area contributed by atoms with Gasteiger partial charge in [-0.25, -0.2) is 4.98 Å². The maximum absolute atomic E-state index is 12.1. The third kappa shape index (κ3) is 3.93. The van der Waals surface area contributed by atoms with Gasteiger partial charge in [0, 0.05) is 12.2 Å². The van der Waals surface area contributed by atoms with Crippen LogP contribution >= 0.6 is 11.8 Å². The predicted molar refractivity (Wildman–Crippen MR) is 92.8 cm³/mol. The number of benzene rings is 1. The van der Waals surface area contributed by atoms with E-state index in [0.717, 1.165) is 22.7 Å². The Morgan fingerprint density at radius 3 is 2.74 bits per heavy atom. The number of hydrogen-bond donors (Lipinski definition) is 1. The number of hydrogen-bond acceptors (Lipinski definition) is 5. The summed E-state index contributed by atoms with van der Waals surface area (Å²) in [5.41, 5.74) is 7.84. The Bertz CT molecular complexity index is 795. The summed E-state index contributed by atoms with van der Waals surface area (Å²) in [5.74, 6) is 0.350. The lowest BCUT2D eigenvalue weighted by Crippen LogP contribution is -2.11. The van der Waals surface area contributed by atoms with E-state index in [0.29, 0.717) is 5.92 Å². The van der Waals surface area contributed by atoms with Crippen molar-refractivity contribution in [2.75, 3.05) is 5.75 Å². The molecular weight excluding hydrogens is 308 g/mol. The summed E-state index contributed by atoms with van der Waals surface area (Å²) in [7, 11) is 0. The third-order valence-electron chi connectivity index (χ3n) is 3.28. The predicted octanol–water partition coefficient (Wildman–Crippen LogP) is 3.11. The Balaban J connectivity index is 2.28. The van der Waals surface area contributed by atoms with E-state index in [-0.39, 0.29) is 22.8 Å². The van der Waals surface area contributed by atoms with Crippen LogP contribution in [0.4, 0.5) is 0 Å². The van der Waals surface area contributed by atoms with Gasteiger partial charge in [0.1, 0.15) is 11.6 Å². The Hall–Kier alpha value is -2.26. The van der Waals surface area contributed by atoms with Crippen LogP contribution < -0.4 is 5.73 Å². The molecule has 1 aromatic heterocycles. The van der Waals surface area contributed by atoms with Crippen LogP contribution in [0.15, 0.2) is 40.7 Å². The van der Waals surface area contributed by atoms with Crippen LogP contribution in [0.1, 0.15) is 20.8 Å². The van der Waals surface area contributed by atoms with Crippen molar-refractivity contribution in [3.05, 3.63) is 35.5 Å². The maximum atomic E-state index is 12.1. The first-order valence-electron chi connectivity index (χ1n) is 7.41. The van der Waals surface area contributed by atoms with E-state index in [2.05, 4.69) is 23.4 Å². The molecule has 0 bridgehead atoms. The minimum Gasteiger partial charge on any atom is -0.401 e. The number of thioether (sulfide) groups is 1. The van der Waals surface area contributed by atoms with Crippen molar-refractivity contribution < 1.29 is 4.79 Å². The van der Waals surface area contributed by atoms with Gasteiger partial charge in [0.15, 0.2) is 10.9 Å². The summed E-state index contributed by atoms with van der Waals surface area (Å²) in [6.07, 6.45) is 0. The van der Waals surface area contributed by atoms with E-state index in [9.17, 15) is 4.79 Å². The molecular formula is C17H20N4OS. The Morgan fingerprint density at radius 1 is 1.43 bits per heavy atom. The smallest absolute Gasteiger partial charge is 0.185 e. The average molecular weight is 328 g/mol. The van der Waals surface area contributed by atoms with E-state index in [1.54, 1.807) is 6.92 Å². The highest BCUT2D eigenvalue weighted by Crippen LogP contribution is 2.25. The average Bonchev–Trinajstić information content (AvgIpc) is 2.83. The van der Waals surface area contributed by atoms with Gasteiger partial charge in [-0.3, -0.25) is 4.79 Å². The van der Waals surface area contributed by atoms with E-state index in [1.165, 1.54) is 11.8 Å². The fourth-order valence-electron chi connectivity index (χ4n) is 2.28. The van der Waals surface area contributed by atoms with Crippen LogP contribution in [0.2, 0.25) is 0 Å². The van der Waals surface area contributed by atoms with Crippen molar-refractivity contribution in [3.8, 4) is 6.07 Å². The van der Waals surface area contributed by atoms with Crippen LogP contribution in [0, 0.1) is 17.2 Å². The van der Waals surface area contributed by atoms with Crippen LogP contribution in [0.25, 0.3) is 11.0 Å². The first-order chi connectivity index (χ1) is 10.9. The fourth-order valence-corrected chi connectivity index (χ4v) is 3.17. The van der Waals surface area contributed by atoms with Gasteiger partial charge in [-0.1, -0.05) is 37.7 Å². The van der Waals surface area contributed by atoms with Gasteiger partial charge in [0.05, 0.1) is 16.8 Å². The summed E-state index contributed by atoms with van der Waals surface area (Å²) in [6, 6.07) is 9.79. The molecule has 6 heteroatoms. The van der Waals surface area contributed by atoms with Gasteiger partial charge in [0.25, 0.3) is 0 Å². The lowest BCUT2D eigenvalue weighted by Gasteiger charge is -2.11. The summed E-state index contributed by atoms with van der Waals surface area (Å²) in [5, 5.41) is 9.81. The Labute approximate surface area is 140 Å². The first kappa shape index (κ1) is 17.1. The molecule has 2 N–H and O–H groups in total. The zero-order valence-electron chi connectivity index (χ0n) is 13.5. The number of carbonyl (C=O) groups is 1. The molecule has 2 aromatic rings. The highest BCUT2D eigenvalue weighted by Gasteiger charge is 2.16. The molecule has 0 fully saturated rings. The van der Waals surface area contributed by atoms with E-state index < -0.39 is 0 Å². The highest BCUT2D eigenvalue weighted by molar-refractivity contribution is 7.99. The summed E-state index contributed by atoms with van der Waals surface area (Å²) < 4.78 is 2.13. The second-order valence-electron chi connectivity index (χ2n) is 5.77. The first-order valence-corrected chi connectivity index (χ1v) is 8.40. The van der Waals surface area contributed by atoms with Crippen LogP contribution in [-0.2, 0) is 11.3 Å². The normalized spacial score (nSPS) is 12.3. The quantitative estimate of drug-likeness (QED) is 0.500. The minimum atomic E-state index is -0.263. The number of aromatic nitrogens is 2. The molecule has 0 saturated heterocycles. The van der Waals surface area contributed by atoms with Gasteiger partial charge in [-0.15, -0.1) is 0 Å². The second kappa shape index (κ2) is 7.34. The molecule has 0 aliphatic heterocycles. The fraction of sp³-hybridized carbons (Fsp3) is 0.353. The monoisotopic (exact) mass is 328 g/mol. The van der Waals surface area contributed by atoms with Crippen molar-refractivity contribution in [3.63, 3.8) is 0 Å². The number of carbonyl (C=O) groups excluding carboxylic acids is 1. The second-order valence-corrected chi connectivity index (χ2v) is 6.71.